The molecule has 0 amide bonds. The molecule has 5 nitrogen and oxygen atoms in total. The lowest BCUT2D eigenvalue weighted by Gasteiger charge is -2.24. The molecule has 4 rings (SSSR count). The number of hydrogen-bond donors (Lipinski definition) is 0. The number of hydrogen-bond acceptors (Lipinski definition) is 4. The Kier molecular flexibility index (Phi) is 9.79. The Morgan fingerprint density at radius 1 is 0.861 bits per heavy atom. The van der Waals surface area contributed by atoms with E-state index in [1.165, 1.54) is 61.9 Å². The number of rotatable bonds is 15. The highest BCUT2D eigenvalue weighted by atomic mass is 19.1. The summed E-state index contributed by atoms with van der Waals surface area (Å²) in [6.45, 7) is 8.37. The highest BCUT2D eigenvalue weighted by Gasteiger charge is 2.18. The number of nitrogens with zero attached hydrogens (tertiary/aromatic N) is 3. The SMILES string of the molecule is CCCCCCCCN(Cc1ccc2c(c1)OCO2)Cc1cnc(-c2ccc(F)cc2)n1CCCC. The second kappa shape index (κ2) is 13.4. The molecule has 1 aliphatic heterocycles. The van der Waals surface area contributed by atoms with Gasteiger partial charge in [0.05, 0.1) is 11.9 Å². The molecule has 1 aromatic heterocycles. The van der Waals surface area contributed by atoms with Crippen molar-refractivity contribution in [1.29, 1.82) is 0 Å². The molecule has 0 fully saturated rings. The summed E-state index contributed by atoms with van der Waals surface area (Å²) in [5.74, 6) is 2.35. The summed E-state index contributed by atoms with van der Waals surface area (Å²) in [5.41, 5.74) is 3.38. The molecule has 3 aromatic rings. The second-order valence-electron chi connectivity index (χ2n) is 9.75. The molecule has 194 valence electrons. The van der Waals surface area contributed by atoms with Crippen LogP contribution in [0.2, 0.25) is 0 Å². The summed E-state index contributed by atoms with van der Waals surface area (Å²) in [4.78, 5) is 7.30. The van der Waals surface area contributed by atoms with Crippen molar-refractivity contribution in [1.82, 2.24) is 14.5 Å². The first kappa shape index (κ1) is 26.2. The van der Waals surface area contributed by atoms with Crippen LogP contribution in [0.25, 0.3) is 11.4 Å². The predicted octanol–water partition coefficient (Wildman–Crippen LogP) is 7.58. The number of aromatic nitrogens is 2. The first-order chi connectivity index (χ1) is 17.7. The van der Waals surface area contributed by atoms with E-state index in [9.17, 15) is 4.39 Å². The van der Waals surface area contributed by atoms with Gasteiger partial charge in [-0.1, -0.05) is 58.4 Å². The fraction of sp³-hybridized carbons (Fsp3) is 0.500. The molecule has 36 heavy (non-hydrogen) atoms. The van der Waals surface area contributed by atoms with Gasteiger partial charge in [0, 0.05) is 25.2 Å². The van der Waals surface area contributed by atoms with Crippen LogP contribution in [-0.2, 0) is 19.6 Å². The Hall–Kier alpha value is -2.86. The molecular weight excluding hydrogens is 453 g/mol. The number of halogens is 1. The zero-order valence-corrected chi connectivity index (χ0v) is 21.8. The zero-order valence-electron chi connectivity index (χ0n) is 21.8. The maximum atomic E-state index is 13.5. The quantitative estimate of drug-likeness (QED) is 0.205. The number of ether oxygens (including phenoxy) is 2. The molecule has 0 saturated carbocycles. The molecule has 0 unspecified atom stereocenters. The molecule has 0 atom stereocenters. The van der Waals surface area contributed by atoms with Gasteiger partial charge in [0.25, 0.3) is 0 Å². The van der Waals surface area contributed by atoms with Crippen molar-refractivity contribution in [2.75, 3.05) is 13.3 Å². The Morgan fingerprint density at radius 3 is 2.42 bits per heavy atom. The van der Waals surface area contributed by atoms with Crippen LogP contribution in [0.3, 0.4) is 0 Å². The topological polar surface area (TPSA) is 39.5 Å². The van der Waals surface area contributed by atoms with Crippen molar-refractivity contribution in [3.05, 3.63) is 65.7 Å². The van der Waals surface area contributed by atoms with Gasteiger partial charge in [-0.15, -0.1) is 0 Å². The molecular formula is C30H40FN3O2. The number of benzene rings is 2. The highest BCUT2D eigenvalue weighted by molar-refractivity contribution is 5.56. The summed E-state index contributed by atoms with van der Waals surface area (Å²) in [6.07, 6.45) is 11.9. The average Bonchev–Trinajstić information content (AvgIpc) is 3.52. The molecule has 0 bridgehead atoms. The van der Waals surface area contributed by atoms with Crippen LogP contribution in [-0.4, -0.2) is 27.8 Å². The van der Waals surface area contributed by atoms with Gasteiger partial charge in [-0.2, -0.15) is 0 Å². The average molecular weight is 494 g/mol. The Morgan fingerprint density at radius 2 is 1.61 bits per heavy atom. The minimum Gasteiger partial charge on any atom is -0.454 e. The predicted molar refractivity (Wildman–Crippen MR) is 143 cm³/mol. The summed E-state index contributed by atoms with van der Waals surface area (Å²) >= 11 is 0. The lowest BCUT2D eigenvalue weighted by Crippen LogP contribution is -2.25. The molecule has 1 aliphatic rings. The van der Waals surface area contributed by atoms with Gasteiger partial charge in [-0.05, 0) is 61.3 Å². The Labute approximate surface area is 215 Å². The first-order valence-electron chi connectivity index (χ1n) is 13.6. The third-order valence-corrected chi connectivity index (χ3v) is 6.83. The largest absolute Gasteiger partial charge is 0.454 e. The zero-order chi connectivity index (χ0) is 25.2. The second-order valence-corrected chi connectivity index (χ2v) is 9.75. The molecule has 0 radical (unpaired) electrons. The van der Waals surface area contributed by atoms with Crippen molar-refractivity contribution in [3.8, 4) is 22.9 Å². The summed E-state index contributed by atoms with van der Waals surface area (Å²) in [6, 6.07) is 12.9. The summed E-state index contributed by atoms with van der Waals surface area (Å²) < 4.78 is 27.0. The van der Waals surface area contributed by atoms with E-state index in [0.29, 0.717) is 6.79 Å². The van der Waals surface area contributed by atoms with Crippen LogP contribution < -0.4 is 9.47 Å². The third-order valence-electron chi connectivity index (χ3n) is 6.83. The molecule has 0 spiro atoms. The number of imidazole rings is 1. The van der Waals surface area contributed by atoms with E-state index in [1.807, 2.05) is 24.4 Å². The lowest BCUT2D eigenvalue weighted by molar-refractivity contribution is 0.174. The van der Waals surface area contributed by atoms with Gasteiger partial charge in [0.15, 0.2) is 11.5 Å². The van der Waals surface area contributed by atoms with Gasteiger partial charge in [0.1, 0.15) is 11.6 Å². The van der Waals surface area contributed by atoms with Crippen molar-refractivity contribution in [2.45, 2.75) is 84.8 Å². The minimum atomic E-state index is -0.223. The maximum absolute atomic E-state index is 13.5. The molecule has 2 heterocycles. The van der Waals surface area contributed by atoms with Crippen molar-refractivity contribution >= 4 is 0 Å². The Balaban J connectivity index is 1.51. The summed E-state index contributed by atoms with van der Waals surface area (Å²) in [7, 11) is 0. The number of unbranched alkanes of at least 4 members (excludes halogenated alkanes) is 6. The maximum Gasteiger partial charge on any atom is 0.231 e. The first-order valence-corrected chi connectivity index (χ1v) is 13.6. The fourth-order valence-electron chi connectivity index (χ4n) is 4.79. The van der Waals surface area contributed by atoms with E-state index in [4.69, 9.17) is 14.5 Å². The van der Waals surface area contributed by atoms with Gasteiger partial charge in [0.2, 0.25) is 6.79 Å². The van der Waals surface area contributed by atoms with E-state index < -0.39 is 0 Å². The molecule has 0 N–H and O–H groups in total. The van der Waals surface area contributed by atoms with Gasteiger partial charge in [-0.3, -0.25) is 4.90 Å². The Bertz CT molecular complexity index is 1080. The van der Waals surface area contributed by atoms with Crippen LogP contribution in [0.1, 0.15) is 76.5 Å². The molecule has 0 saturated heterocycles. The van der Waals surface area contributed by atoms with E-state index in [2.05, 4.69) is 35.4 Å². The van der Waals surface area contributed by atoms with E-state index >= 15 is 0 Å². The lowest BCUT2D eigenvalue weighted by atomic mass is 10.1. The standard InChI is InChI=1S/C30H40FN3O2/c1-3-5-7-8-9-10-17-33(21-24-11-16-28-29(19-24)36-23-35-28)22-27-20-32-30(34(27)18-6-4-2)25-12-14-26(31)15-13-25/h11-16,19-20H,3-10,17-18,21-23H2,1-2H3. The van der Waals surface area contributed by atoms with E-state index in [1.54, 1.807) is 0 Å². The van der Waals surface area contributed by atoms with Crippen molar-refractivity contribution in [2.24, 2.45) is 0 Å². The highest BCUT2D eigenvalue weighted by Crippen LogP contribution is 2.33. The fourth-order valence-corrected chi connectivity index (χ4v) is 4.79. The van der Waals surface area contributed by atoms with Crippen LogP contribution in [0.5, 0.6) is 11.5 Å². The van der Waals surface area contributed by atoms with Crippen LogP contribution in [0.15, 0.2) is 48.7 Å². The molecule has 2 aromatic carbocycles. The van der Waals surface area contributed by atoms with Gasteiger partial charge in [-0.25, -0.2) is 9.37 Å². The normalized spacial score (nSPS) is 12.6. The smallest absolute Gasteiger partial charge is 0.231 e. The third kappa shape index (κ3) is 7.10. The van der Waals surface area contributed by atoms with Crippen LogP contribution >= 0.6 is 0 Å². The van der Waals surface area contributed by atoms with Crippen molar-refractivity contribution in [3.63, 3.8) is 0 Å². The molecule has 0 aliphatic carbocycles. The number of fused-ring (bicyclic) bond motifs is 1. The van der Waals surface area contributed by atoms with Gasteiger partial charge >= 0.3 is 0 Å². The van der Waals surface area contributed by atoms with E-state index in [0.717, 1.165) is 61.9 Å². The molecule has 6 heteroatoms. The van der Waals surface area contributed by atoms with Crippen LogP contribution in [0, 0.1) is 5.82 Å². The van der Waals surface area contributed by atoms with Crippen molar-refractivity contribution < 1.29 is 13.9 Å². The minimum absolute atomic E-state index is 0.223. The summed E-state index contributed by atoms with van der Waals surface area (Å²) in [5, 5.41) is 0. The monoisotopic (exact) mass is 493 g/mol. The van der Waals surface area contributed by atoms with E-state index in [-0.39, 0.29) is 5.82 Å². The van der Waals surface area contributed by atoms with Gasteiger partial charge < -0.3 is 14.0 Å². The van der Waals surface area contributed by atoms with Crippen LogP contribution in [0.4, 0.5) is 4.39 Å².